The number of carbonyl (C=O) groups is 1. The van der Waals surface area contributed by atoms with Gasteiger partial charge < -0.3 is 10.2 Å². The van der Waals surface area contributed by atoms with E-state index in [-0.39, 0.29) is 12.5 Å². The molecule has 114 valence electrons. The molecule has 0 radical (unpaired) electrons. The third kappa shape index (κ3) is 5.05. The first kappa shape index (κ1) is 15.8. The lowest BCUT2D eigenvalue weighted by Gasteiger charge is -2.05. The molecule has 0 bridgehead atoms. The fraction of sp³-hybridized carbons (Fsp3) is 0.222. The van der Waals surface area contributed by atoms with E-state index in [1.807, 2.05) is 62.4 Å². The van der Waals surface area contributed by atoms with Crippen molar-refractivity contribution in [3.63, 3.8) is 0 Å². The molecule has 4 heteroatoms. The molecule has 0 fully saturated rings. The van der Waals surface area contributed by atoms with Crippen molar-refractivity contribution in [3.05, 3.63) is 70.8 Å². The van der Waals surface area contributed by atoms with Gasteiger partial charge in [0.2, 0.25) is 0 Å². The monoisotopic (exact) mass is 296 g/mol. The van der Waals surface area contributed by atoms with E-state index in [0.29, 0.717) is 6.54 Å². The second kappa shape index (κ2) is 7.98. The van der Waals surface area contributed by atoms with Crippen molar-refractivity contribution in [2.45, 2.75) is 20.4 Å². The number of oxime groups is 1. The van der Waals surface area contributed by atoms with Crippen LogP contribution < -0.4 is 5.32 Å². The van der Waals surface area contributed by atoms with E-state index in [4.69, 9.17) is 4.84 Å². The third-order valence-corrected chi connectivity index (χ3v) is 3.26. The summed E-state index contributed by atoms with van der Waals surface area (Å²) < 4.78 is 0. The van der Waals surface area contributed by atoms with Gasteiger partial charge >= 0.3 is 0 Å². The van der Waals surface area contributed by atoms with Crippen molar-refractivity contribution in [2.24, 2.45) is 5.16 Å². The van der Waals surface area contributed by atoms with Gasteiger partial charge in [-0.1, -0.05) is 59.3 Å². The quantitative estimate of drug-likeness (QED) is 0.658. The molecule has 0 aliphatic rings. The molecule has 2 aromatic rings. The molecule has 1 N–H and O–H groups in total. The molecule has 4 nitrogen and oxygen atoms in total. The SMILES string of the molecule is Cc1ccc(CNC(=O)CO/N=C/c2ccccc2C)cc1. The van der Waals surface area contributed by atoms with Crippen LogP contribution in [0, 0.1) is 13.8 Å². The van der Waals surface area contributed by atoms with Gasteiger partial charge in [0.1, 0.15) is 0 Å². The minimum Gasteiger partial charge on any atom is -0.386 e. The number of aryl methyl sites for hydroxylation is 2. The number of nitrogens with one attached hydrogen (secondary N) is 1. The Balaban J connectivity index is 1.72. The molecule has 1 amide bonds. The van der Waals surface area contributed by atoms with Gasteiger partial charge in [-0.25, -0.2) is 0 Å². The summed E-state index contributed by atoms with van der Waals surface area (Å²) in [5.74, 6) is -0.192. The average Bonchev–Trinajstić information content (AvgIpc) is 2.52. The van der Waals surface area contributed by atoms with E-state index in [2.05, 4.69) is 10.5 Å². The average molecular weight is 296 g/mol. The number of rotatable bonds is 6. The number of carbonyl (C=O) groups excluding carboxylic acids is 1. The second-order valence-electron chi connectivity index (χ2n) is 5.13. The first-order valence-corrected chi connectivity index (χ1v) is 7.18. The summed E-state index contributed by atoms with van der Waals surface area (Å²) in [6, 6.07) is 15.9. The van der Waals surface area contributed by atoms with Crippen molar-refractivity contribution in [1.82, 2.24) is 5.32 Å². The van der Waals surface area contributed by atoms with Crippen LogP contribution in [-0.2, 0) is 16.2 Å². The number of hydrogen-bond donors (Lipinski definition) is 1. The summed E-state index contributed by atoms with van der Waals surface area (Å²) >= 11 is 0. The zero-order valence-corrected chi connectivity index (χ0v) is 12.9. The van der Waals surface area contributed by atoms with Crippen LogP contribution in [-0.4, -0.2) is 18.7 Å². The van der Waals surface area contributed by atoms with Crippen molar-refractivity contribution >= 4 is 12.1 Å². The highest BCUT2D eigenvalue weighted by Gasteiger charge is 2.01. The minimum atomic E-state index is -0.192. The maximum Gasteiger partial charge on any atom is 0.261 e. The Hall–Kier alpha value is -2.62. The highest BCUT2D eigenvalue weighted by Crippen LogP contribution is 2.04. The minimum absolute atomic E-state index is 0.0890. The molecule has 0 aliphatic heterocycles. The normalized spacial score (nSPS) is 10.6. The van der Waals surface area contributed by atoms with Crippen molar-refractivity contribution in [2.75, 3.05) is 6.61 Å². The van der Waals surface area contributed by atoms with Crippen LogP contribution in [0.1, 0.15) is 22.3 Å². The largest absolute Gasteiger partial charge is 0.386 e. The molecule has 0 atom stereocenters. The smallest absolute Gasteiger partial charge is 0.261 e. The van der Waals surface area contributed by atoms with Crippen LogP contribution in [0.25, 0.3) is 0 Å². The van der Waals surface area contributed by atoms with Gasteiger partial charge in [-0.3, -0.25) is 4.79 Å². The molecule has 0 aromatic heterocycles. The van der Waals surface area contributed by atoms with Gasteiger partial charge in [0, 0.05) is 6.54 Å². The molecule has 22 heavy (non-hydrogen) atoms. The zero-order chi connectivity index (χ0) is 15.8. The van der Waals surface area contributed by atoms with Crippen LogP contribution in [0.5, 0.6) is 0 Å². The Bertz CT molecular complexity index is 648. The van der Waals surface area contributed by atoms with Crippen LogP contribution in [0.15, 0.2) is 53.7 Å². The Morgan fingerprint density at radius 3 is 2.59 bits per heavy atom. The number of hydrogen-bond acceptors (Lipinski definition) is 3. The van der Waals surface area contributed by atoms with Crippen LogP contribution in [0.3, 0.4) is 0 Å². The zero-order valence-electron chi connectivity index (χ0n) is 12.9. The maximum absolute atomic E-state index is 11.7. The van der Waals surface area contributed by atoms with Gasteiger partial charge in [-0.15, -0.1) is 0 Å². The lowest BCUT2D eigenvalue weighted by molar-refractivity contribution is -0.125. The summed E-state index contributed by atoms with van der Waals surface area (Å²) in [6.07, 6.45) is 1.61. The van der Waals surface area contributed by atoms with Crippen molar-refractivity contribution in [1.29, 1.82) is 0 Å². The van der Waals surface area contributed by atoms with Crippen LogP contribution in [0.2, 0.25) is 0 Å². The lowest BCUT2D eigenvalue weighted by Crippen LogP contribution is -2.26. The van der Waals surface area contributed by atoms with Gasteiger partial charge in [0.05, 0.1) is 6.21 Å². The summed E-state index contributed by atoms with van der Waals surface area (Å²) in [5, 5.41) is 6.61. The topological polar surface area (TPSA) is 50.7 Å². The van der Waals surface area contributed by atoms with Crippen molar-refractivity contribution in [3.8, 4) is 0 Å². The summed E-state index contributed by atoms with van der Waals surface area (Å²) in [5.41, 5.74) is 4.34. The molecular formula is C18H20N2O2. The van der Waals surface area contributed by atoms with E-state index in [9.17, 15) is 4.79 Å². The van der Waals surface area contributed by atoms with E-state index in [1.54, 1.807) is 6.21 Å². The molecule has 0 saturated carbocycles. The standard InChI is InChI=1S/C18H20N2O2/c1-14-7-9-16(10-8-14)11-19-18(21)13-22-20-12-17-6-4-3-5-15(17)2/h3-10,12H,11,13H2,1-2H3,(H,19,21)/b20-12+. The number of benzene rings is 2. The molecule has 0 aliphatic carbocycles. The molecule has 0 unspecified atom stereocenters. The summed E-state index contributed by atoms with van der Waals surface area (Å²) in [6.45, 7) is 4.43. The van der Waals surface area contributed by atoms with Gasteiger partial charge in [-0.2, -0.15) is 0 Å². The second-order valence-corrected chi connectivity index (χ2v) is 5.13. The molecule has 2 rings (SSSR count). The molecular weight excluding hydrogens is 276 g/mol. The predicted octanol–water partition coefficient (Wildman–Crippen LogP) is 2.97. The van der Waals surface area contributed by atoms with E-state index < -0.39 is 0 Å². The molecule has 0 saturated heterocycles. The van der Waals surface area contributed by atoms with E-state index in [0.717, 1.165) is 16.7 Å². The third-order valence-electron chi connectivity index (χ3n) is 3.26. The van der Waals surface area contributed by atoms with Gasteiger partial charge in [-0.05, 0) is 30.5 Å². The number of amides is 1. The predicted molar refractivity (Wildman–Crippen MR) is 87.8 cm³/mol. The highest BCUT2D eigenvalue weighted by molar-refractivity contribution is 5.81. The molecule has 0 heterocycles. The van der Waals surface area contributed by atoms with Gasteiger partial charge in [0.15, 0.2) is 6.61 Å². The van der Waals surface area contributed by atoms with Crippen LogP contribution >= 0.6 is 0 Å². The number of nitrogens with zero attached hydrogens (tertiary/aromatic N) is 1. The maximum atomic E-state index is 11.7. The molecule has 2 aromatic carbocycles. The van der Waals surface area contributed by atoms with Crippen LogP contribution in [0.4, 0.5) is 0 Å². The summed E-state index contributed by atoms with van der Waals surface area (Å²) in [7, 11) is 0. The fourth-order valence-electron chi connectivity index (χ4n) is 1.88. The lowest BCUT2D eigenvalue weighted by atomic mass is 10.1. The van der Waals surface area contributed by atoms with E-state index >= 15 is 0 Å². The Morgan fingerprint density at radius 1 is 1.14 bits per heavy atom. The highest BCUT2D eigenvalue weighted by atomic mass is 16.6. The summed E-state index contributed by atoms with van der Waals surface area (Å²) in [4.78, 5) is 16.7. The Labute approximate surface area is 130 Å². The molecule has 0 spiro atoms. The van der Waals surface area contributed by atoms with Gasteiger partial charge in [0.25, 0.3) is 5.91 Å². The van der Waals surface area contributed by atoms with Crippen molar-refractivity contribution < 1.29 is 9.63 Å². The first-order chi connectivity index (χ1) is 10.6. The van der Waals surface area contributed by atoms with E-state index in [1.165, 1.54) is 5.56 Å². The Kier molecular flexibility index (Phi) is 5.72. The Morgan fingerprint density at radius 2 is 1.86 bits per heavy atom. The first-order valence-electron chi connectivity index (χ1n) is 7.18. The fourth-order valence-corrected chi connectivity index (χ4v) is 1.88.